The summed E-state index contributed by atoms with van der Waals surface area (Å²) in [6.07, 6.45) is -0.676. The van der Waals surface area contributed by atoms with Crippen molar-refractivity contribution in [1.29, 1.82) is 0 Å². The van der Waals surface area contributed by atoms with Crippen molar-refractivity contribution in [3.05, 3.63) is 23.8 Å². The van der Waals surface area contributed by atoms with Crippen LogP contribution in [0.5, 0.6) is 11.5 Å². The normalized spacial score (nSPS) is 12.2. The summed E-state index contributed by atoms with van der Waals surface area (Å²) < 4.78 is 0. The van der Waals surface area contributed by atoms with Crippen LogP contribution in [0.4, 0.5) is 0 Å². The molecule has 0 bridgehead atoms. The third-order valence-electron chi connectivity index (χ3n) is 2.27. The first kappa shape index (κ1) is 16.0. The SMILES string of the molecule is CC(C)CNCC(O)c1ccc(O)c(O)c1.Cl. The van der Waals surface area contributed by atoms with Crippen LogP contribution in [-0.2, 0) is 0 Å². The highest BCUT2D eigenvalue weighted by atomic mass is 35.5. The molecule has 0 saturated carbocycles. The molecule has 0 amide bonds. The quantitative estimate of drug-likeness (QED) is 0.610. The Morgan fingerprint density at radius 2 is 1.76 bits per heavy atom. The number of halogens is 1. The second kappa shape index (κ2) is 7.37. The van der Waals surface area contributed by atoms with Crippen LogP contribution in [0.2, 0.25) is 0 Å². The lowest BCUT2D eigenvalue weighted by Crippen LogP contribution is -2.25. The van der Waals surface area contributed by atoms with Gasteiger partial charge in [-0.1, -0.05) is 19.9 Å². The van der Waals surface area contributed by atoms with Crippen LogP contribution in [0.3, 0.4) is 0 Å². The number of aliphatic hydroxyl groups excluding tert-OH is 1. The van der Waals surface area contributed by atoms with Gasteiger partial charge in [-0.3, -0.25) is 0 Å². The van der Waals surface area contributed by atoms with Gasteiger partial charge in [0.15, 0.2) is 11.5 Å². The average Bonchev–Trinajstić information content (AvgIpc) is 2.21. The van der Waals surface area contributed by atoms with Gasteiger partial charge < -0.3 is 20.6 Å². The number of aromatic hydroxyl groups is 2. The van der Waals surface area contributed by atoms with Crippen molar-refractivity contribution in [3.63, 3.8) is 0 Å². The topological polar surface area (TPSA) is 72.7 Å². The molecule has 0 aliphatic rings. The van der Waals surface area contributed by atoms with Crippen LogP contribution in [0.25, 0.3) is 0 Å². The summed E-state index contributed by atoms with van der Waals surface area (Å²) in [5.41, 5.74) is 0.589. The maximum atomic E-state index is 9.79. The maximum absolute atomic E-state index is 9.79. The number of nitrogens with one attached hydrogen (secondary N) is 1. The van der Waals surface area contributed by atoms with Crippen molar-refractivity contribution in [2.45, 2.75) is 20.0 Å². The zero-order valence-electron chi connectivity index (χ0n) is 10.1. The third kappa shape index (κ3) is 5.26. The second-order valence-corrected chi connectivity index (χ2v) is 4.32. The van der Waals surface area contributed by atoms with Gasteiger partial charge in [0.25, 0.3) is 0 Å². The summed E-state index contributed by atoms with van der Waals surface area (Å²) in [4.78, 5) is 0. The van der Waals surface area contributed by atoms with E-state index in [0.29, 0.717) is 18.0 Å². The Hall–Kier alpha value is -0.970. The Bertz CT molecular complexity index is 345. The fraction of sp³-hybridized carbons (Fsp3) is 0.500. The molecule has 0 radical (unpaired) electrons. The molecule has 1 aromatic rings. The van der Waals surface area contributed by atoms with Gasteiger partial charge in [0.05, 0.1) is 6.10 Å². The van der Waals surface area contributed by atoms with Gasteiger partial charge in [-0.15, -0.1) is 12.4 Å². The first-order chi connectivity index (χ1) is 7.50. The zero-order chi connectivity index (χ0) is 12.1. The van der Waals surface area contributed by atoms with E-state index in [1.165, 1.54) is 12.1 Å². The number of phenols is 2. The molecular formula is C12H20ClNO3. The molecule has 4 N–H and O–H groups in total. The standard InChI is InChI=1S/C12H19NO3.ClH/c1-8(2)6-13-7-12(16)9-3-4-10(14)11(15)5-9;/h3-5,8,12-16H,6-7H2,1-2H3;1H. The molecule has 1 unspecified atom stereocenters. The molecule has 0 fully saturated rings. The molecule has 98 valence electrons. The van der Waals surface area contributed by atoms with Gasteiger partial charge in [0, 0.05) is 6.54 Å². The van der Waals surface area contributed by atoms with E-state index in [-0.39, 0.29) is 23.9 Å². The van der Waals surface area contributed by atoms with E-state index in [1.54, 1.807) is 6.07 Å². The maximum Gasteiger partial charge on any atom is 0.157 e. The monoisotopic (exact) mass is 261 g/mol. The average molecular weight is 262 g/mol. The van der Waals surface area contributed by atoms with Crippen LogP contribution in [0.15, 0.2) is 18.2 Å². The minimum atomic E-state index is -0.676. The molecule has 0 aliphatic heterocycles. The summed E-state index contributed by atoms with van der Waals surface area (Å²) in [5, 5.41) is 31.3. The van der Waals surface area contributed by atoms with Crippen LogP contribution >= 0.6 is 12.4 Å². The third-order valence-corrected chi connectivity index (χ3v) is 2.27. The molecule has 1 rings (SSSR count). The lowest BCUT2D eigenvalue weighted by Gasteiger charge is -2.14. The predicted molar refractivity (Wildman–Crippen MR) is 69.7 cm³/mol. The number of aliphatic hydroxyl groups is 1. The molecule has 4 nitrogen and oxygen atoms in total. The van der Waals surface area contributed by atoms with Crippen molar-refractivity contribution < 1.29 is 15.3 Å². The first-order valence-electron chi connectivity index (χ1n) is 5.41. The van der Waals surface area contributed by atoms with E-state index in [1.807, 2.05) is 0 Å². The molecule has 0 saturated heterocycles. The summed E-state index contributed by atoms with van der Waals surface area (Å²) in [7, 11) is 0. The summed E-state index contributed by atoms with van der Waals surface area (Å²) in [5.74, 6) is 0.145. The van der Waals surface area contributed by atoms with Gasteiger partial charge in [0.2, 0.25) is 0 Å². The number of rotatable bonds is 5. The summed E-state index contributed by atoms with van der Waals surface area (Å²) in [6, 6.07) is 4.34. The highest BCUT2D eigenvalue weighted by molar-refractivity contribution is 5.85. The fourth-order valence-electron chi connectivity index (χ4n) is 1.37. The van der Waals surface area contributed by atoms with E-state index < -0.39 is 6.10 Å². The Morgan fingerprint density at radius 1 is 1.12 bits per heavy atom. The van der Waals surface area contributed by atoms with E-state index in [9.17, 15) is 10.2 Å². The Balaban J connectivity index is 0.00000256. The minimum absolute atomic E-state index is 0. The predicted octanol–water partition coefficient (Wildman–Crippen LogP) is 1.80. The van der Waals surface area contributed by atoms with Crippen molar-refractivity contribution in [3.8, 4) is 11.5 Å². The molecule has 0 aromatic heterocycles. The Morgan fingerprint density at radius 3 is 2.29 bits per heavy atom. The minimum Gasteiger partial charge on any atom is -0.504 e. The van der Waals surface area contributed by atoms with Crippen LogP contribution in [-0.4, -0.2) is 28.4 Å². The van der Waals surface area contributed by atoms with Crippen LogP contribution in [0.1, 0.15) is 25.5 Å². The van der Waals surface area contributed by atoms with Crippen molar-refractivity contribution >= 4 is 12.4 Å². The number of hydrogen-bond acceptors (Lipinski definition) is 4. The van der Waals surface area contributed by atoms with Crippen molar-refractivity contribution in [2.24, 2.45) is 5.92 Å². The lowest BCUT2D eigenvalue weighted by atomic mass is 10.1. The fourth-order valence-corrected chi connectivity index (χ4v) is 1.37. The molecule has 1 aromatic carbocycles. The second-order valence-electron chi connectivity index (χ2n) is 4.32. The van der Waals surface area contributed by atoms with Gasteiger partial charge in [0.1, 0.15) is 0 Å². The number of hydrogen-bond donors (Lipinski definition) is 4. The molecule has 1 atom stereocenters. The van der Waals surface area contributed by atoms with Gasteiger partial charge >= 0.3 is 0 Å². The summed E-state index contributed by atoms with van der Waals surface area (Å²) >= 11 is 0. The highest BCUT2D eigenvalue weighted by Crippen LogP contribution is 2.27. The van der Waals surface area contributed by atoms with E-state index in [2.05, 4.69) is 19.2 Å². The highest BCUT2D eigenvalue weighted by Gasteiger charge is 2.09. The first-order valence-corrected chi connectivity index (χ1v) is 5.41. The van der Waals surface area contributed by atoms with E-state index in [0.717, 1.165) is 6.54 Å². The molecule has 0 heterocycles. The van der Waals surface area contributed by atoms with Gasteiger partial charge in [-0.2, -0.15) is 0 Å². The smallest absolute Gasteiger partial charge is 0.157 e. The molecular weight excluding hydrogens is 242 g/mol. The van der Waals surface area contributed by atoms with Crippen LogP contribution in [0, 0.1) is 5.92 Å². The molecule has 0 spiro atoms. The Labute approximate surface area is 108 Å². The molecule has 0 aliphatic carbocycles. The largest absolute Gasteiger partial charge is 0.504 e. The van der Waals surface area contributed by atoms with Crippen molar-refractivity contribution in [1.82, 2.24) is 5.32 Å². The zero-order valence-corrected chi connectivity index (χ0v) is 10.9. The summed E-state index contributed by atoms with van der Waals surface area (Å²) in [6.45, 7) is 5.45. The molecule has 17 heavy (non-hydrogen) atoms. The van der Waals surface area contributed by atoms with Gasteiger partial charge in [-0.25, -0.2) is 0 Å². The van der Waals surface area contributed by atoms with Gasteiger partial charge in [-0.05, 0) is 30.2 Å². The lowest BCUT2D eigenvalue weighted by molar-refractivity contribution is 0.173. The molecule has 5 heteroatoms. The van der Waals surface area contributed by atoms with Crippen molar-refractivity contribution in [2.75, 3.05) is 13.1 Å². The van der Waals surface area contributed by atoms with Crippen LogP contribution < -0.4 is 5.32 Å². The number of phenolic OH excluding ortho intramolecular Hbond substituents is 2. The van der Waals surface area contributed by atoms with E-state index in [4.69, 9.17) is 5.11 Å². The number of benzene rings is 1. The Kier molecular flexibility index (Phi) is 6.95. The van der Waals surface area contributed by atoms with E-state index >= 15 is 0 Å².